The third-order valence-electron chi connectivity index (χ3n) is 5.18. The summed E-state index contributed by atoms with van der Waals surface area (Å²) in [6.45, 7) is 0. The molecule has 5 aromatic rings. The molecule has 0 radical (unpaired) electrons. The van der Waals surface area contributed by atoms with Gasteiger partial charge in [-0.05, 0) is 58.3 Å². The van der Waals surface area contributed by atoms with E-state index in [0.29, 0.717) is 17.2 Å². The molecule has 0 saturated carbocycles. The van der Waals surface area contributed by atoms with Crippen LogP contribution in [0.25, 0.3) is 22.3 Å². The lowest BCUT2D eigenvalue weighted by atomic mass is 10.1. The second-order valence-corrected chi connectivity index (χ2v) is 8.37. The zero-order valence-corrected chi connectivity index (χ0v) is 18.9. The molecule has 35 heavy (non-hydrogen) atoms. The van der Waals surface area contributed by atoms with Crippen LogP contribution < -0.4 is 10.6 Å². The van der Waals surface area contributed by atoms with Crippen LogP contribution in [0.5, 0.6) is 0 Å². The molecule has 2 N–H and O–H groups in total. The molecule has 174 valence electrons. The van der Waals surface area contributed by atoms with Crippen LogP contribution in [0.3, 0.4) is 0 Å². The zero-order valence-electron chi connectivity index (χ0n) is 18.1. The first kappa shape index (κ1) is 22.5. The van der Waals surface area contributed by atoms with Gasteiger partial charge in [0, 0.05) is 29.2 Å². The quantitative estimate of drug-likeness (QED) is 0.255. The minimum absolute atomic E-state index is 0.259. The molecular weight excluding hydrogens is 471 g/mol. The van der Waals surface area contributed by atoms with Crippen molar-refractivity contribution in [1.82, 2.24) is 15.0 Å². The van der Waals surface area contributed by atoms with Crippen molar-refractivity contribution in [3.05, 3.63) is 102 Å². The molecule has 0 fully saturated rings. The standard InChI is InChI=1S/C26H18F3N5S/c27-26(28,29)20-7-4-8-21(13-20)32-24-22(17-5-2-1-3-6-17)15-31-25(34-24)33-23-10-9-18(14-30-23)19-11-12-35-16-19/h1-16H,(H2,30,31,32,33,34). The van der Waals surface area contributed by atoms with Crippen molar-refractivity contribution in [2.75, 3.05) is 10.6 Å². The van der Waals surface area contributed by atoms with E-state index in [4.69, 9.17) is 0 Å². The highest BCUT2D eigenvalue weighted by Gasteiger charge is 2.30. The minimum atomic E-state index is -4.45. The van der Waals surface area contributed by atoms with Crippen molar-refractivity contribution >= 4 is 34.6 Å². The monoisotopic (exact) mass is 489 g/mol. The first-order valence-corrected chi connectivity index (χ1v) is 11.5. The van der Waals surface area contributed by atoms with Crippen LogP contribution >= 0.6 is 11.3 Å². The molecule has 0 amide bonds. The molecule has 0 aliphatic heterocycles. The Balaban J connectivity index is 1.46. The number of hydrogen-bond acceptors (Lipinski definition) is 6. The number of aromatic nitrogens is 3. The van der Waals surface area contributed by atoms with Gasteiger partial charge in [-0.1, -0.05) is 36.4 Å². The van der Waals surface area contributed by atoms with E-state index in [2.05, 4.69) is 25.6 Å². The van der Waals surface area contributed by atoms with Crippen molar-refractivity contribution in [2.45, 2.75) is 6.18 Å². The Hall–Kier alpha value is -4.24. The number of alkyl halides is 3. The van der Waals surface area contributed by atoms with Gasteiger partial charge in [-0.2, -0.15) is 29.5 Å². The molecular formula is C26H18F3N5S. The summed E-state index contributed by atoms with van der Waals surface area (Å²) in [6.07, 6.45) is -1.07. The summed E-state index contributed by atoms with van der Waals surface area (Å²) in [5, 5.41) is 10.1. The minimum Gasteiger partial charge on any atom is -0.340 e. The summed E-state index contributed by atoms with van der Waals surface area (Å²) < 4.78 is 39.6. The number of hydrogen-bond donors (Lipinski definition) is 2. The number of thiophene rings is 1. The molecule has 5 rings (SSSR count). The number of nitrogens with zero attached hydrogens (tertiary/aromatic N) is 3. The van der Waals surface area contributed by atoms with Crippen molar-refractivity contribution in [3.8, 4) is 22.3 Å². The van der Waals surface area contributed by atoms with Crippen molar-refractivity contribution in [2.24, 2.45) is 0 Å². The van der Waals surface area contributed by atoms with E-state index >= 15 is 0 Å². The van der Waals surface area contributed by atoms with Gasteiger partial charge in [0.05, 0.1) is 5.56 Å². The van der Waals surface area contributed by atoms with E-state index in [9.17, 15) is 13.2 Å². The van der Waals surface area contributed by atoms with Crippen LogP contribution in [0, 0.1) is 0 Å². The maximum Gasteiger partial charge on any atom is 0.416 e. The number of halogens is 3. The van der Waals surface area contributed by atoms with Crippen molar-refractivity contribution in [3.63, 3.8) is 0 Å². The highest BCUT2D eigenvalue weighted by atomic mass is 32.1. The van der Waals surface area contributed by atoms with E-state index in [1.54, 1.807) is 29.8 Å². The summed E-state index contributed by atoms with van der Waals surface area (Å²) in [4.78, 5) is 13.4. The fourth-order valence-electron chi connectivity index (χ4n) is 3.46. The Labute approximate surface area is 203 Å². The molecule has 3 heterocycles. The number of anilines is 4. The first-order valence-electron chi connectivity index (χ1n) is 10.6. The Morgan fingerprint density at radius 3 is 2.31 bits per heavy atom. The molecule has 5 nitrogen and oxygen atoms in total. The van der Waals surface area contributed by atoms with Crippen LogP contribution in [-0.2, 0) is 6.18 Å². The Bertz CT molecular complexity index is 1420. The summed E-state index contributed by atoms with van der Waals surface area (Å²) in [6, 6.07) is 20.2. The lowest BCUT2D eigenvalue weighted by Gasteiger charge is -2.14. The maximum atomic E-state index is 13.2. The summed E-state index contributed by atoms with van der Waals surface area (Å²) in [7, 11) is 0. The van der Waals surface area contributed by atoms with Gasteiger partial charge < -0.3 is 10.6 Å². The van der Waals surface area contributed by atoms with Crippen LogP contribution in [0.2, 0.25) is 0 Å². The summed E-state index contributed by atoms with van der Waals surface area (Å²) in [5.74, 6) is 1.17. The zero-order chi connectivity index (χ0) is 24.3. The Kier molecular flexibility index (Phi) is 6.15. The highest BCUT2D eigenvalue weighted by Crippen LogP contribution is 2.33. The SMILES string of the molecule is FC(F)(F)c1cccc(Nc2nc(Nc3ccc(-c4ccsc4)cn3)ncc2-c2ccccc2)c1. The molecule has 0 atom stereocenters. The van der Waals surface area contributed by atoms with Gasteiger partial charge in [-0.3, -0.25) is 0 Å². The van der Waals surface area contributed by atoms with Crippen LogP contribution in [0.1, 0.15) is 5.56 Å². The predicted octanol–water partition coefficient (Wildman–Crippen LogP) is 7.77. The van der Waals surface area contributed by atoms with Crippen LogP contribution in [0.15, 0.2) is 96.0 Å². The fraction of sp³-hybridized carbons (Fsp3) is 0.0385. The average Bonchev–Trinajstić information content (AvgIpc) is 3.40. The normalized spacial score (nSPS) is 11.3. The van der Waals surface area contributed by atoms with Gasteiger partial charge in [0.25, 0.3) is 0 Å². The third-order valence-corrected chi connectivity index (χ3v) is 5.87. The highest BCUT2D eigenvalue weighted by molar-refractivity contribution is 7.08. The Morgan fingerprint density at radius 2 is 1.60 bits per heavy atom. The average molecular weight is 490 g/mol. The van der Waals surface area contributed by atoms with E-state index in [-0.39, 0.29) is 11.6 Å². The molecule has 0 aliphatic carbocycles. The molecule has 2 aromatic carbocycles. The van der Waals surface area contributed by atoms with Gasteiger partial charge in [0.15, 0.2) is 0 Å². The van der Waals surface area contributed by atoms with E-state index < -0.39 is 11.7 Å². The summed E-state index contributed by atoms with van der Waals surface area (Å²) >= 11 is 1.61. The largest absolute Gasteiger partial charge is 0.416 e. The third kappa shape index (κ3) is 5.30. The molecule has 0 aliphatic rings. The Morgan fingerprint density at radius 1 is 0.743 bits per heavy atom. The lowest BCUT2D eigenvalue weighted by Crippen LogP contribution is -2.06. The van der Waals surface area contributed by atoms with Gasteiger partial charge in [0.2, 0.25) is 5.95 Å². The van der Waals surface area contributed by atoms with E-state index in [0.717, 1.165) is 28.8 Å². The summed E-state index contributed by atoms with van der Waals surface area (Å²) in [5.41, 5.74) is 3.07. The van der Waals surface area contributed by atoms with Crippen LogP contribution in [0.4, 0.5) is 36.4 Å². The fourth-order valence-corrected chi connectivity index (χ4v) is 4.12. The molecule has 0 spiro atoms. The molecule has 0 saturated heterocycles. The van der Waals surface area contributed by atoms with Gasteiger partial charge in [-0.25, -0.2) is 9.97 Å². The van der Waals surface area contributed by atoms with E-state index in [1.807, 2.05) is 59.3 Å². The molecule has 3 aromatic heterocycles. The van der Waals surface area contributed by atoms with Gasteiger partial charge in [-0.15, -0.1) is 0 Å². The van der Waals surface area contributed by atoms with Crippen LogP contribution in [-0.4, -0.2) is 15.0 Å². The topological polar surface area (TPSA) is 62.7 Å². The van der Waals surface area contributed by atoms with Crippen molar-refractivity contribution < 1.29 is 13.2 Å². The van der Waals surface area contributed by atoms with Gasteiger partial charge >= 0.3 is 6.18 Å². The number of pyridine rings is 1. The smallest absolute Gasteiger partial charge is 0.340 e. The number of nitrogens with one attached hydrogen (secondary N) is 2. The second kappa shape index (κ2) is 9.55. The van der Waals surface area contributed by atoms with Gasteiger partial charge in [0.1, 0.15) is 11.6 Å². The molecule has 9 heteroatoms. The first-order chi connectivity index (χ1) is 17.0. The molecule has 0 bridgehead atoms. The lowest BCUT2D eigenvalue weighted by molar-refractivity contribution is -0.137. The second-order valence-electron chi connectivity index (χ2n) is 7.59. The number of benzene rings is 2. The maximum absolute atomic E-state index is 13.2. The number of rotatable bonds is 6. The molecule has 0 unspecified atom stereocenters. The predicted molar refractivity (Wildman–Crippen MR) is 133 cm³/mol. The van der Waals surface area contributed by atoms with Crippen molar-refractivity contribution in [1.29, 1.82) is 0 Å². The van der Waals surface area contributed by atoms with E-state index in [1.165, 1.54) is 6.07 Å².